The fourth-order valence-electron chi connectivity index (χ4n) is 0.795. The Labute approximate surface area is 91.8 Å². The molecule has 0 aromatic heterocycles. The smallest absolute Gasteiger partial charge is 0.260 e. The summed E-state index contributed by atoms with van der Waals surface area (Å²) in [7, 11) is 1.49. The molecule has 0 saturated carbocycles. The van der Waals surface area contributed by atoms with Crippen LogP contribution in [0.15, 0.2) is 18.2 Å². The van der Waals surface area contributed by atoms with Gasteiger partial charge >= 0.3 is 0 Å². The first kappa shape index (κ1) is 10.6. The summed E-state index contributed by atoms with van der Waals surface area (Å²) in [6.45, 7) is 0. The standard InChI is InChI=1S/C8H7Cl2NOS/c1-12-8(13)11-7-3-5(9)2-6(10)4-7/h2-4H,1H3,(H,11,13). The molecule has 0 atom stereocenters. The van der Waals surface area contributed by atoms with Crippen LogP contribution in [0.2, 0.25) is 10.0 Å². The third-order valence-corrected chi connectivity index (χ3v) is 2.00. The van der Waals surface area contributed by atoms with Crippen molar-refractivity contribution in [1.29, 1.82) is 0 Å². The van der Waals surface area contributed by atoms with Gasteiger partial charge in [0.2, 0.25) is 0 Å². The summed E-state index contributed by atoms with van der Waals surface area (Å²) in [5.41, 5.74) is 0.712. The Morgan fingerprint density at radius 3 is 2.31 bits per heavy atom. The Kier molecular flexibility index (Phi) is 3.78. The molecule has 0 amide bonds. The van der Waals surface area contributed by atoms with Crippen molar-refractivity contribution in [3.63, 3.8) is 0 Å². The van der Waals surface area contributed by atoms with Gasteiger partial charge in [-0.25, -0.2) is 0 Å². The van der Waals surface area contributed by atoms with E-state index in [0.29, 0.717) is 15.7 Å². The maximum absolute atomic E-state index is 5.77. The van der Waals surface area contributed by atoms with Crippen LogP contribution >= 0.6 is 35.4 Å². The van der Waals surface area contributed by atoms with Gasteiger partial charge < -0.3 is 10.1 Å². The number of benzene rings is 1. The Morgan fingerprint density at radius 1 is 1.31 bits per heavy atom. The second-order valence-corrected chi connectivity index (χ2v) is 3.52. The predicted octanol–water partition coefficient (Wildman–Crippen LogP) is 3.34. The molecule has 0 aliphatic carbocycles. The lowest BCUT2D eigenvalue weighted by atomic mass is 10.3. The molecular formula is C8H7Cl2NOS. The van der Waals surface area contributed by atoms with Gasteiger partial charge in [0.05, 0.1) is 7.11 Å². The van der Waals surface area contributed by atoms with Crippen molar-refractivity contribution >= 4 is 46.3 Å². The second kappa shape index (κ2) is 4.65. The summed E-state index contributed by atoms with van der Waals surface area (Å²) < 4.78 is 4.77. The van der Waals surface area contributed by atoms with Crippen LogP contribution in [0.5, 0.6) is 0 Å². The molecule has 1 rings (SSSR count). The third kappa shape index (κ3) is 3.38. The van der Waals surface area contributed by atoms with Gasteiger partial charge in [-0.3, -0.25) is 0 Å². The molecule has 2 nitrogen and oxygen atoms in total. The molecule has 0 aliphatic rings. The van der Waals surface area contributed by atoms with E-state index < -0.39 is 0 Å². The van der Waals surface area contributed by atoms with E-state index in [1.807, 2.05) is 0 Å². The van der Waals surface area contributed by atoms with Crippen molar-refractivity contribution in [2.75, 3.05) is 12.4 Å². The molecule has 1 aromatic rings. The van der Waals surface area contributed by atoms with Crippen molar-refractivity contribution < 1.29 is 4.74 Å². The lowest BCUT2D eigenvalue weighted by molar-refractivity contribution is 0.413. The molecule has 0 aliphatic heterocycles. The Morgan fingerprint density at radius 2 is 1.85 bits per heavy atom. The second-order valence-electron chi connectivity index (χ2n) is 2.27. The predicted molar refractivity (Wildman–Crippen MR) is 59.7 cm³/mol. The molecule has 5 heteroatoms. The van der Waals surface area contributed by atoms with Gasteiger partial charge in [-0.1, -0.05) is 23.2 Å². The lowest BCUT2D eigenvalue weighted by Gasteiger charge is -2.06. The highest BCUT2D eigenvalue weighted by molar-refractivity contribution is 7.80. The number of ether oxygens (including phenoxy) is 1. The molecule has 0 radical (unpaired) electrons. The highest BCUT2D eigenvalue weighted by Crippen LogP contribution is 2.22. The van der Waals surface area contributed by atoms with Gasteiger partial charge in [-0.05, 0) is 30.4 Å². The van der Waals surface area contributed by atoms with Gasteiger partial charge in [0.15, 0.2) is 0 Å². The summed E-state index contributed by atoms with van der Waals surface area (Å²) in [5, 5.41) is 4.19. The fourth-order valence-corrected chi connectivity index (χ4v) is 1.44. The number of hydrogen-bond donors (Lipinski definition) is 1. The van der Waals surface area contributed by atoms with E-state index in [1.165, 1.54) is 7.11 Å². The average Bonchev–Trinajstić information content (AvgIpc) is 2.02. The van der Waals surface area contributed by atoms with E-state index in [4.69, 9.17) is 40.2 Å². The first-order chi connectivity index (χ1) is 6.11. The van der Waals surface area contributed by atoms with E-state index >= 15 is 0 Å². The fraction of sp³-hybridized carbons (Fsp3) is 0.125. The molecule has 13 heavy (non-hydrogen) atoms. The van der Waals surface area contributed by atoms with Crippen LogP contribution in [0, 0.1) is 0 Å². The van der Waals surface area contributed by atoms with Crippen LogP contribution in [0.4, 0.5) is 5.69 Å². The van der Waals surface area contributed by atoms with Crippen molar-refractivity contribution in [2.24, 2.45) is 0 Å². The maximum atomic E-state index is 5.77. The molecule has 0 heterocycles. The van der Waals surface area contributed by atoms with Crippen LogP contribution in [0.25, 0.3) is 0 Å². The first-order valence-electron chi connectivity index (χ1n) is 3.43. The van der Waals surface area contributed by atoms with E-state index in [9.17, 15) is 0 Å². The van der Waals surface area contributed by atoms with Crippen LogP contribution < -0.4 is 5.32 Å². The zero-order valence-corrected chi connectivity index (χ0v) is 9.13. The molecule has 0 fully saturated rings. The quantitative estimate of drug-likeness (QED) is 0.755. The number of halogens is 2. The van der Waals surface area contributed by atoms with Crippen molar-refractivity contribution in [3.05, 3.63) is 28.2 Å². The number of hydrogen-bond acceptors (Lipinski definition) is 2. The third-order valence-electron chi connectivity index (χ3n) is 1.29. The summed E-state index contributed by atoms with van der Waals surface area (Å²) in [4.78, 5) is 0. The number of rotatable bonds is 1. The molecule has 70 valence electrons. The topological polar surface area (TPSA) is 21.3 Å². The van der Waals surface area contributed by atoms with Gasteiger partial charge in [0.1, 0.15) is 0 Å². The van der Waals surface area contributed by atoms with Crippen molar-refractivity contribution in [1.82, 2.24) is 0 Å². The van der Waals surface area contributed by atoms with E-state index in [-0.39, 0.29) is 5.17 Å². The van der Waals surface area contributed by atoms with Crippen LogP contribution in [0.3, 0.4) is 0 Å². The van der Waals surface area contributed by atoms with Crippen LogP contribution in [-0.2, 0) is 4.74 Å². The normalized spacial score (nSPS) is 9.46. The zero-order chi connectivity index (χ0) is 9.84. The van der Waals surface area contributed by atoms with Gasteiger partial charge in [0, 0.05) is 15.7 Å². The number of methoxy groups -OCH3 is 1. The summed E-state index contributed by atoms with van der Waals surface area (Å²) in [6, 6.07) is 5.06. The summed E-state index contributed by atoms with van der Waals surface area (Å²) in [6.07, 6.45) is 0. The highest BCUT2D eigenvalue weighted by atomic mass is 35.5. The summed E-state index contributed by atoms with van der Waals surface area (Å²) >= 11 is 16.3. The van der Waals surface area contributed by atoms with Crippen LogP contribution in [-0.4, -0.2) is 12.3 Å². The van der Waals surface area contributed by atoms with E-state index in [1.54, 1.807) is 18.2 Å². The Hall–Kier alpha value is -0.510. The van der Waals surface area contributed by atoms with Crippen molar-refractivity contribution in [3.8, 4) is 0 Å². The minimum Gasteiger partial charge on any atom is -0.474 e. The van der Waals surface area contributed by atoms with E-state index in [0.717, 1.165) is 0 Å². The Bertz CT molecular complexity index is 310. The number of thiocarbonyl (C=S) groups is 1. The zero-order valence-electron chi connectivity index (χ0n) is 6.80. The maximum Gasteiger partial charge on any atom is 0.260 e. The number of nitrogens with one attached hydrogen (secondary N) is 1. The molecule has 0 saturated heterocycles. The minimum atomic E-state index is 0.276. The molecule has 1 N–H and O–H groups in total. The minimum absolute atomic E-state index is 0.276. The molecule has 0 bridgehead atoms. The first-order valence-corrected chi connectivity index (χ1v) is 4.59. The molecular weight excluding hydrogens is 229 g/mol. The molecule has 0 unspecified atom stereocenters. The summed E-state index contributed by atoms with van der Waals surface area (Å²) in [5.74, 6) is 0. The monoisotopic (exact) mass is 235 g/mol. The molecule has 0 spiro atoms. The lowest BCUT2D eigenvalue weighted by Crippen LogP contribution is -2.10. The van der Waals surface area contributed by atoms with Crippen LogP contribution in [0.1, 0.15) is 0 Å². The largest absolute Gasteiger partial charge is 0.474 e. The van der Waals surface area contributed by atoms with Gasteiger partial charge in [0.25, 0.3) is 5.17 Å². The Balaban J connectivity index is 2.83. The van der Waals surface area contributed by atoms with Gasteiger partial charge in [-0.2, -0.15) is 0 Å². The average molecular weight is 236 g/mol. The molecule has 1 aromatic carbocycles. The van der Waals surface area contributed by atoms with E-state index in [2.05, 4.69) is 5.32 Å². The highest BCUT2D eigenvalue weighted by Gasteiger charge is 1.99. The van der Waals surface area contributed by atoms with Crippen molar-refractivity contribution in [2.45, 2.75) is 0 Å². The van der Waals surface area contributed by atoms with Gasteiger partial charge in [-0.15, -0.1) is 0 Å². The number of anilines is 1. The SMILES string of the molecule is COC(=S)Nc1cc(Cl)cc(Cl)c1.